The van der Waals surface area contributed by atoms with E-state index < -0.39 is 0 Å². The van der Waals surface area contributed by atoms with Crippen LogP contribution in [0.15, 0.2) is 29.3 Å². The maximum atomic E-state index is 4.66. The summed E-state index contributed by atoms with van der Waals surface area (Å²) in [6.45, 7) is 16.0. The maximum Gasteiger partial charge on any atom is 0.191 e. The number of nitrogens with zero attached hydrogens (tertiary/aromatic N) is 3. The number of benzene rings is 1. The number of hydrogen-bond acceptors (Lipinski definition) is 3. The highest BCUT2D eigenvalue weighted by molar-refractivity contribution is 5.79. The standard InChI is InChI=1S/C20H35N5/c1-4-11-22-20(21-5-2)23-16-18-7-9-19(10-8-18)17-25-14-12-24(6-3)13-15-25/h7-10H,4-6,11-17H2,1-3H3,(H2,21,22,23). The molecule has 0 aliphatic carbocycles. The van der Waals surface area contributed by atoms with E-state index in [9.17, 15) is 0 Å². The molecule has 1 aromatic rings. The van der Waals surface area contributed by atoms with E-state index in [1.54, 1.807) is 0 Å². The minimum Gasteiger partial charge on any atom is -0.357 e. The highest BCUT2D eigenvalue weighted by Crippen LogP contribution is 2.11. The zero-order valence-electron chi connectivity index (χ0n) is 16.2. The van der Waals surface area contributed by atoms with E-state index in [0.29, 0.717) is 6.54 Å². The first kappa shape index (κ1) is 19.7. The smallest absolute Gasteiger partial charge is 0.191 e. The van der Waals surface area contributed by atoms with Crippen molar-refractivity contribution in [3.63, 3.8) is 0 Å². The Bertz CT molecular complexity index is 503. The Balaban J connectivity index is 1.82. The summed E-state index contributed by atoms with van der Waals surface area (Å²) in [5.74, 6) is 0.905. The van der Waals surface area contributed by atoms with E-state index >= 15 is 0 Å². The van der Waals surface area contributed by atoms with Gasteiger partial charge in [0, 0.05) is 45.8 Å². The second-order valence-corrected chi connectivity index (χ2v) is 6.65. The van der Waals surface area contributed by atoms with Gasteiger partial charge in [-0.2, -0.15) is 0 Å². The van der Waals surface area contributed by atoms with Crippen molar-refractivity contribution >= 4 is 5.96 Å². The van der Waals surface area contributed by atoms with Crippen LogP contribution < -0.4 is 10.6 Å². The molecule has 1 fully saturated rings. The molecule has 0 aromatic heterocycles. The van der Waals surface area contributed by atoms with Crippen LogP contribution in [0.3, 0.4) is 0 Å². The van der Waals surface area contributed by atoms with Gasteiger partial charge in [0.25, 0.3) is 0 Å². The summed E-state index contributed by atoms with van der Waals surface area (Å²) >= 11 is 0. The Hall–Kier alpha value is -1.59. The Morgan fingerprint density at radius 1 is 0.920 bits per heavy atom. The Morgan fingerprint density at radius 3 is 2.16 bits per heavy atom. The summed E-state index contributed by atoms with van der Waals surface area (Å²) in [7, 11) is 0. The molecule has 0 atom stereocenters. The highest BCUT2D eigenvalue weighted by atomic mass is 15.3. The molecule has 1 aliphatic rings. The minimum atomic E-state index is 0.717. The van der Waals surface area contributed by atoms with Crippen molar-refractivity contribution < 1.29 is 0 Å². The predicted molar refractivity (Wildman–Crippen MR) is 107 cm³/mol. The first-order valence-electron chi connectivity index (χ1n) is 9.79. The SMILES string of the molecule is CCCNC(=NCc1ccc(CN2CCN(CC)CC2)cc1)NCC. The molecule has 0 spiro atoms. The third-order valence-electron chi connectivity index (χ3n) is 4.65. The molecule has 5 nitrogen and oxygen atoms in total. The quantitative estimate of drug-likeness (QED) is 0.560. The Morgan fingerprint density at radius 2 is 1.56 bits per heavy atom. The van der Waals surface area contributed by atoms with Crippen molar-refractivity contribution in [2.45, 2.75) is 40.3 Å². The van der Waals surface area contributed by atoms with Crippen molar-refractivity contribution in [3.8, 4) is 0 Å². The predicted octanol–water partition coefficient (Wildman–Crippen LogP) is 2.29. The molecule has 25 heavy (non-hydrogen) atoms. The third-order valence-corrected chi connectivity index (χ3v) is 4.65. The van der Waals surface area contributed by atoms with Crippen LogP contribution in [0.5, 0.6) is 0 Å². The molecule has 1 saturated heterocycles. The van der Waals surface area contributed by atoms with Gasteiger partial charge in [-0.3, -0.25) is 4.90 Å². The average molecular weight is 346 g/mol. The largest absolute Gasteiger partial charge is 0.357 e. The van der Waals surface area contributed by atoms with Crippen LogP contribution >= 0.6 is 0 Å². The van der Waals surface area contributed by atoms with Crippen molar-refractivity contribution in [3.05, 3.63) is 35.4 Å². The van der Waals surface area contributed by atoms with Crippen LogP contribution in [0, 0.1) is 0 Å². The summed E-state index contributed by atoms with van der Waals surface area (Å²) in [4.78, 5) is 9.74. The molecule has 140 valence electrons. The van der Waals surface area contributed by atoms with Crippen molar-refractivity contribution in [2.24, 2.45) is 4.99 Å². The lowest BCUT2D eigenvalue weighted by Gasteiger charge is -2.34. The summed E-state index contributed by atoms with van der Waals surface area (Å²) in [5, 5.41) is 6.63. The number of nitrogens with one attached hydrogen (secondary N) is 2. The van der Waals surface area contributed by atoms with Gasteiger partial charge in [-0.15, -0.1) is 0 Å². The molecule has 0 unspecified atom stereocenters. The fraction of sp³-hybridized carbons (Fsp3) is 0.650. The fourth-order valence-corrected chi connectivity index (χ4v) is 3.03. The summed E-state index contributed by atoms with van der Waals surface area (Å²) in [6, 6.07) is 8.93. The topological polar surface area (TPSA) is 42.9 Å². The minimum absolute atomic E-state index is 0.717. The molecule has 0 radical (unpaired) electrons. The molecule has 2 N–H and O–H groups in total. The summed E-state index contributed by atoms with van der Waals surface area (Å²) in [5.41, 5.74) is 2.65. The molecule has 1 aromatic carbocycles. The zero-order chi connectivity index (χ0) is 17.9. The van der Waals surface area contributed by atoms with E-state index in [2.05, 4.69) is 70.5 Å². The normalized spacial score (nSPS) is 16.8. The van der Waals surface area contributed by atoms with Crippen LogP contribution in [0.25, 0.3) is 0 Å². The van der Waals surface area contributed by atoms with Gasteiger partial charge in [-0.25, -0.2) is 4.99 Å². The number of hydrogen-bond donors (Lipinski definition) is 2. The number of guanidine groups is 1. The average Bonchev–Trinajstić information content (AvgIpc) is 2.66. The van der Waals surface area contributed by atoms with Crippen LogP contribution in [0.4, 0.5) is 0 Å². The molecular formula is C20H35N5. The maximum absolute atomic E-state index is 4.66. The highest BCUT2D eigenvalue weighted by Gasteiger charge is 2.15. The summed E-state index contributed by atoms with van der Waals surface area (Å²) in [6.07, 6.45) is 1.10. The molecule has 1 heterocycles. The third kappa shape index (κ3) is 7.04. The summed E-state index contributed by atoms with van der Waals surface area (Å²) < 4.78 is 0. The lowest BCUT2D eigenvalue weighted by molar-refractivity contribution is 0.132. The monoisotopic (exact) mass is 345 g/mol. The van der Waals surface area contributed by atoms with E-state index in [-0.39, 0.29) is 0 Å². The molecular weight excluding hydrogens is 310 g/mol. The number of piperazine rings is 1. The lowest BCUT2D eigenvalue weighted by atomic mass is 10.1. The van der Waals surface area contributed by atoms with Crippen LogP contribution in [0.1, 0.15) is 38.3 Å². The van der Waals surface area contributed by atoms with Gasteiger partial charge < -0.3 is 15.5 Å². The van der Waals surface area contributed by atoms with Gasteiger partial charge in [-0.05, 0) is 31.0 Å². The molecule has 2 rings (SSSR count). The van der Waals surface area contributed by atoms with Gasteiger partial charge in [0.1, 0.15) is 0 Å². The molecule has 0 amide bonds. The van der Waals surface area contributed by atoms with Crippen LogP contribution in [-0.2, 0) is 13.1 Å². The Labute approximate surface area is 153 Å². The Kier molecular flexibility index (Phi) is 8.77. The van der Waals surface area contributed by atoms with Crippen LogP contribution in [-0.4, -0.2) is 61.6 Å². The van der Waals surface area contributed by atoms with Gasteiger partial charge >= 0.3 is 0 Å². The van der Waals surface area contributed by atoms with E-state index in [0.717, 1.165) is 32.0 Å². The second-order valence-electron chi connectivity index (χ2n) is 6.65. The molecule has 0 saturated carbocycles. The first-order valence-corrected chi connectivity index (χ1v) is 9.79. The van der Waals surface area contributed by atoms with Gasteiger partial charge in [0.15, 0.2) is 5.96 Å². The van der Waals surface area contributed by atoms with Gasteiger partial charge in [0.05, 0.1) is 6.54 Å². The number of likely N-dealkylation sites (N-methyl/N-ethyl adjacent to an activating group) is 1. The molecule has 1 aliphatic heterocycles. The van der Waals surface area contributed by atoms with Crippen molar-refractivity contribution in [1.29, 1.82) is 0 Å². The fourth-order valence-electron chi connectivity index (χ4n) is 3.03. The lowest BCUT2D eigenvalue weighted by Crippen LogP contribution is -2.45. The molecule has 5 heteroatoms. The van der Waals surface area contributed by atoms with Gasteiger partial charge in [-0.1, -0.05) is 38.1 Å². The number of aliphatic imine (C=N–C) groups is 1. The van der Waals surface area contributed by atoms with Crippen LogP contribution in [0.2, 0.25) is 0 Å². The van der Waals surface area contributed by atoms with E-state index in [4.69, 9.17) is 0 Å². The van der Waals surface area contributed by atoms with E-state index in [1.165, 1.54) is 43.9 Å². The van der Waals surface area contributed by atoms with E-state index in [1.807, 2.05) is 0 Å². The van der Waals surface area contributed by atoms with Crippen molar-refractivity contribution in [1.82, 2.24) is 20.4 Å². The number of rotatable bonds is 8. The second kappa shape index (κ2) is 11.1. The molecule has 0 bridgehead atoms. The van der Waals surface area contributed by atoms with Gasteiger partial charge in [0.2, 0.25) is 0 Å². The first-order chi connectivity index (χ1) is 12.2. The van der Waals surface area contributed by atoms with Crippen molar-refractivity contribution in [2.75, 3.05) is 45.8 Å². The zero-order valence-corrected chi connectivity index (χ0v) is 16.2.